The number of carbonyl (C=O) groups excluding carboxylic acids is 1. The highest BCUT2D eigenvalue weighted by atomic mass is 32.2. The number of amides is 1. The number of benzene rings is 2. The zero-order valence-electron chi connectivity index (χ0n) is 20.6. The Hall–Kier alpha value is -2.79. The van der Waals surface area contributed by atoms with E-state index in [2.05, 4.69) is 10.2 Å². The van der Waals surface area contributed by atoms with Crippen LogP contribution in [0.15, 0.2) is 53.4 Å². The minimum absolute atomic E-state index is 0.0627. The number of likely N-dealkylation sites (tertiary alicyclic amines) is 1. The fraction of sp³-hybridized carbons (Fsp3) is 0.407. The first-order chi connectivity index (χ1) is 17.8. The topological polar surface area (TPSA) is 107 Å². The molecule has 1 amide bonds. The normalized spacial score (nSPS) is 19.3. The molecule has 3 heterocycles. The number of thiophene rings is 1. The lowest BCUT2D eigenvalue weighted by Gasteiger charge is -2.26. The van der Waals surface area contributed by atoms with Gasteiger partial charge in [-0.3, -0.25) is 9.69 Å². The van der Waals surface area contributed by atoms with Crippen LogP contribution in [0.5, 0.6) is 0 Å². The van der Waals surface area contributed by atoms with Crippen LogP contribution in [0.1, 0.15) is 47.3 Å². The van der Waals surface area contributed by atoms with Gasteiger partial charge >= 0.3 is 5.97 Å². The van der Waals surface area contributed by atoms with Crippen LogP contribution >= 0.6 is 11.3 Å². The van der Waals surface area contributed by atoms with Gasteiger partial charge < -0.3 is 10.4 Å². The largest absolute Gasteiger partial charge is 0.477 e. The van der Waals surface area contributed by atoms with E-state index in [0.29, 0.717) is 30.1 Å². The molecular weight excluding hydrogens is 510 g/mol. The number of nitrogens with one attached hydrogen (secondary N) is 1. The van der Waals surface area contributed by atoms with Gasteiger partial charge in [-0.1, -0.05) is 30.7 Å². The molecule has 0 saturated carbocycles. The summed E-state index contributed by atoms with van der Waals surface area (Å²) in [6.45, 7) is 1.97. The Morgan fingerprint density at radius 2 is 1.78 bits per heavy atom. The van der Waals surface area contributed by atoms with Gasteiger partial charge in [-0.25, -0.2) is 13.2 Å². The molecule has 8 nitrogen and oxygen atoms in total. The number of piperidine rings is 1. The molecule has 37 heavy (non-hydrogen) atoms. The first-order valence-corrected chi connectivity index (χ1v) is 15.0. The molecule has 2 aliphatic rings. The fourth-order valence-electron chi connectivity index (χ4n) is 5.42. The van der Waals surface area contributed by atoms with Gasteiger partial charge in [0.15, 0.2) is 0 Å². The molecule has 2 aromatic carbocycles. The smallest absolute Gasteiger partial charge is 0.346 e. The number of carboxylic acid groups (broad SMARTS) is 1. The standard InChI is InChI=1S/C27H31N3O5S2/c31-25(28-19-8-6-10-21(16-19)37(34,35)30-14-4-1-5-15-30)18-29-13-7-9-20(29)17-23-22-11-2-3-12-24(22)36-26(23)27(32)33/h2-3,6,8,10-12,16,20H,1,4-5,7,9,13-15,17-18H2,(H,28,31)(H,32,33)/t20-/m0/s1. The van der Waals surface area contributed by atoms with E-state index in [9.17, 15) is 23.1 Å². The monoisotopic (exact) mass is 541 g/mol. The Kier molecular flexibility index (Phi) is 7.62. The van der Waals surface area contributed by atoms with E-state index in [-0.39, 0.29) is 23.4 Å². The summed E-state index contributed by atoms with van der Waals surface area (Å²) in [6, 6.07) is 14.2. The second kappa shape index (κ2) is 10.9. The molecule has 2 aliphatic heterocycles. The van der Waals surface area contributed by atoms with E-state index in [1.165, 1.54) is 21.7 Å². The van der Waals surface area contributed by atoms with Gasteiger partial charge in [-0.05, 0) is 73.9 Å². The maximum Gasteiger partial charge on any atom is 0.346 e. The summed E-state index contributed by atoms with van der Waals surface area (Å²) in [7, 11) is -3.59. The molecule has 0 unspecified atom stereocenters. The molecular formula is C27H31N3O5S2. The number of nitrogens with zero attached hydrogens (tertiary/aromatic N) is 2. The number of hydrogen-bond acceptors (Lipinski definition) is 6. The lowest BCUT2D eigenvalue weighted by molar-refractivity contribution is -0.117. The number of hydrogen-bond donors (Lipinski definition) is 2. The Balaban J connectivity index is 1.27. The highest BCUT2D eigenvalue weighted by Gasteiger charge is 2.30. The molecule has 2 fully saturated rings. The molecule has 3 aromatic rings. The molecule has 10 heteroatoms. The first kappa shape index (κ1) is 25.8. The molecule has 0 spiro atoms. The van der Waals surface area contributed by atoms with E-state index in [1.807, 2.05) is 24.3 Å². The van der Waals surface area contributed by atoms with Gasteiger partial charge in [0.1, 0.15) is 4.88 Å². The molecule has 1 atom stereocenters. The van der Waals surface area contributed by atoms with Crippen molar-refractivity contribution < 1.29 is 23.1 Å². The zero-order chi connectivity index (χ0) is 26.0. The van der Waals surface area contributed by atoms with Crippen molar-refractivity contribution in [3.05, 3.63) is 59.0 Å². The molecule has 196 valence electrons. The summed E-state index contributed by atoms with van der Waals surface area (Å²) < 4.78 is 28.5. The molecule has 2 saturated heterocycles. The number of rotatable bonds is 8. The molecule has 1 aromatic heterocycles. The molecule has 0 aliphatic carbocycles. The Labute approximate surface area is 220 Å². The van der Waals surface area contributed by atoms with Crippen LogP contribution < -0.4 is 5.32 Å². The number of fused-ring (bicyclic) bond motifs is 1. The van der Waals surface area contributed by atoms with Crippen molar-refractivity contribution >= 4 is 49.0 Å². The van der Waals surface area contributed by atoms with E-state index >= 15 is 0 Å². The van der Waals surface area contributed by atoms with E-state index in [1.54, 1.807) is 18.2 Å². The maximum absolute atomic E-state index is 13.0. The van der Waals surface area contributed by atoms with Crippen LogP contribution in [-0.4, -0.2) is 66.8 Å². The maximum atomic E-state index is 13.0. The van der Waals surface area contributed by atoms with Gasteiger partial charge in [0.2, 0.25) is 15.9 Å². The summed E-state index contributed by atoms with van der Waals surface area (Å²) >= 11 is 1.30. The van der Waals surface area contributed by atoms with E-state index < -0.39 is 16.0 Å². The summed E-state index contributed by atoms with van der Waals surface area (Å²) in [6.07, 6.45) is 5.16. The summed E-state index contributed by atoms with van der Waals surface area (Å²) in [5.74, 6) is -1.13. The second-order valence-corrected chi connectivity index (χ2v) is 12.7. The zero-order valence-corrected chi connectivity index (χ0v) is 22.2. The Morgan fingerprint density at radius 1 is 1.00 bits per heavy atom. The number of anilines is 1. The first-order valence-electron chi connectivity index (χ1n) is 12.7. The number of aromatic carboxylic acids is 1. The van der Waals surface area contributed by atoms with Crippen LogP contribution in [0.3, 0.4) is 0 Å². The van der Waals surface area contributed by atoms with E-state index in [0.717, 1.165) is 54.3 Å². The van der Waals surface area contributed by atoms with Crippen molar-refractivity contribution in [2.75, 3.05) is 31.5 Å². The third kappa shape index (κ3) is 5.57. The van der Waals surface area contributed by atoms with Crippen LogP contribution in [0.4, 0.5) is 5.69 Å². The molecule has 5 rings (SSSR count). The van der Waals surface area contributed by atoms with Crippen molar-refractivity contribution in [1.29, 1.82) is 0 Å². The third-order valence-electron chi connectivity index (χ3n) is 7.25. The van der Waals surface area contributed by atoms with Crippen LogP contribution in [0.2, 0.25) is 0 Å². The van der Waals surface area contributed by atoms with Gasteiger partial charge in [0, 0.05) is 29.5 Å². The summed E-state index contributed by atoms with van der Waals surface area (Å²) in [5, 5.41) is 13.6. The predicted octanol–water partition coefficient (Wildman–Crippen LogP) is 4.42. The third-order valence-corrected chi connectivity index (χ3v) is 10.3. The summed E-state index contributed by atoms with van der Waals surface area (Å²) in [5.41, 5.74) is 1.29. The predicted molar refractivity (Wildman–Crippen MR) is 145 cm³/mol. The number of sulfonamides is 1. The lowest BCUT2D eigenvalue weighted by atomic mass is 10.0. The quantitative estimate of drug-likeness (QED) is 0.437. The SMILES string of the molecule is O=C(CN1CCC[C@H]1Cc1c(C(=O)O)sc2ccccc12)Nc1cccc(S(=O)(=O)N2CCCCC2)c1. The molecule has 0 bridgehead atoms. The van der Waals surface area contributed by atoms with Crippen LogP contribution in [0, 0.1) is 0 Å². The fourth-order valence-corrected chi connectivity index (χ4v) is 8.05. The minimum Gasteiger partial charge on any atom is -0.477 e. The summed E-state index contributed by atoms with van der Waals surface area (Å²) in [4.78, 5) is 27.5. The Morgan fingerprint density at radius 3 is 2.57 bits per heavy atom. The number of carboxylic acids is 1. The highest BCUT2D eigenvalue weighted by molar-refractivity contribution is 7.89. The van der Waals surface area contributed by atoms with Crippen molar-refractivity contribution in [3.8, 4) is 0 Å². The van der Waals surface area contributed by atoms with Crippen LogP contribution in [-0.2, 0) is 21.2 Å². The Bertz CT molecular complexity index is 1410. The van der Waals surface area contributed by atoms with Gasteiger partial charge in [0.05, 0.1) is 11.4 Å². The average molecular weight is 542 g/mol. The van der Waals surface area contributed by atoms with Gasteiger partial charge in [-0.2, -0.15) is 4.31 Å². The average Bonchev–Trinajstić information content (AvgIpc) is 3.49. The van der Waals surface area contributed by atoms with E-state index in [4.69, 9.17) is 0 Å². The molecule has 2 N–H and O–H groups in total. The minimum atomic E-state index is -3.59. The second-order valence-electron chi connectivity index (χ2n) is 9.72. The highest BCUT2D eigenvalue weighted by Crippen LogP contribution is 2.34. The van der Waals surface area contributed by atoms with Crippen LogP contribution in [0.25, 0.3) is 10.1 Å². The van der Waals surface area contributed by atoms with Gasteiger partial charge in [-0.15, -0.1) is 11.3 Å². The number of carbonyl (C=O) groups is 2. The molecule has 0 radical (unpaired) electrons. The van der Waals surface area contributed by atoms with Crippen molar-refractivity contribution in [2.24, 2.45) is 0 Å². The van der Waals surface area contributed by atoms with Gasteiger partial charge in [0.25, 0.3) is 0 Å². The van der Waals surface area contributed by atoms with Crippen molar-refractivity contribution in [2.45, 2.75) is 49.5 Å². The van der Waals surface area contributed by atoms with Crippen molar-refractivity contribution in [3.63, 3.8) is 0 Å². The van der Waals surface area contributed by atoms with Crippen molar-refractivity contribution in [1.82, 2.24) is 9.21 Å². The lowest BCUT2D eigenvalue weighted by Crippen LogP contribution is -2.38.